The Morgan fingerprint density at radius 3 is 2.79 bits per heavy atom. The molecule has 2 rings (SSSR count). The molecule has 2 atom stereocenters. The summed E-state index contributed by atoms with van der Waals surface area (Å²) in [4.78, 5) is 5.52. The van der Waals surface area contributed by atoms with E-state index in [1.807, 2.05) is 5.06 Å². The van der Waals surface area contributed by atoms with Gasteiger partial charge in [-0.05, 0) is 0 Å². The maximum atomic E-state index is 9.00. The van der Waals surface area contributed by atoms with E-state index < -0.39 is 5.79 Å². The molecule has 0 aromatic carbocycles. The molecule has 2 aliphatic rings. The second-order valence-electron chi connectivity index (χ2n) is 3.77. The molecule has 5 nitrogen and oxygen atoms in total. The molecule has 5 heteroatoms. The summed E-state index contributed by atoms with van der Waals surface area (Å²) in [5.41, 5.74) is 0. The van der Waals surface area contributed by atoms with E-state index in [0.717, 1.165) is 19.4 Å². The Morgan fingerprint density at radius 2 is 2.21 bits per heavy atom. The van der Waals surface area contributed by atoms with Crippen molar-refractivity contribution in [3.8, 4) is 0 Å². The van der Waals surface area contributed by atoms with Gasteiger partial charge in [-0.25, -0.2) is 0 Å². The third-order valence-corrected chi connectivity index (χ3v) is 3.20. The van der Waals surface area contributed by atoms with Crippen molar-refractivity contribution in [3.63, 3.8) is 0 Å². The second kappa shape index (κ2) is 3.75. The standard InChI is InChI=1S/C9H17NO4/c1-12-9(13-2)3-4-10-8(9)5-7(6-11)14-10/h7-8,11H,3-6H2,1-2H3/t7-,8-/m1/s1. The number of hydrogen-bond donors (Lipinski definition) is 1. The normalized spacial score (nSPS) is 36.2. The van der Waals surface area contributed by atoms with E-state index in [0.29, 0.717) is 0 Å². The average molecular weight is 203 g/mol. The molecule has 2 heterocycles. The predicted octanol–water partition coefficient (Wildman–Crippen LogP) is -0.254. The maximum Gasteiger partial charge on any atom is 0.186 e. The van der Waals surface area contributed by atoms with E-state index in [2.05, 4.69) is 0 Å². The molecule has 0 aliphatic carbocycles. The van der Waals surface area contributed by atoms with Crippen LogP contribution in [0.5, 0.6) is 0 Å². The van der Waals surface area contributed by atoms with Crippen molar-refractivity contribution >= 4 is 0 Å². The highest BCUT2D eigenvalue weighted by Crippen LogP contribution is 2.39. The fourth-order valence-corrected chi connectivity index (χ4v) is 2.38. The molecule has 2 aliphatic heterocycles. The first-order chi connectivity index (χ1) is 6.75. The molecular weight excluding hydrogens is 186 g/mol. The van der Waals surface area contributed by atoms with Gasteiger partial charge in [0.25, 0.3) is 0 Å². The Hall–Kier alpha value is -0.200. The number of hydroxylamine groups is 2. The van der Waals surface area contributed by atoms with Gasteiger partial charge in [0.1, 0.15) is 6.10 Å². The lowest BCUT2D eigenvalue weighted by Gasteiger charge is -2.30. The van der Waals surface area contributed by atoms with Gasteiger partial charge in [0.15, 0.2) is 5.79 Å². The van der Waals surface area contributed by atoms with Crippen molar-refractivity contribution in [2.45, 2.75) is 30.8 Å². The topological polar surface area (TPSA) is 51.2 Å². The van der Waals surface area contributed by atoms with E-state index in [9.17, 15) is 0 Å². The van der Waals surface area contributed by atoms with Crippen LogP contribution in [0.25, 0.3) is 0 Å². The minimum atomic E-state index is -0.552. The number of rotatable bonds is 3. The third kappa shape index (κ3) is 1.36. The van der Waals surface area contributed by atoms with Crippen LogP contribution in [0.15, 0.2) is 0 Å². The van der Waals surface area contributed by atoms with Crippen molar-refractivity contribution in [3.05, 3.63) is 0 Å². The van der Waals surface area contributed by atoms with Gasteiger partial charge in [-0.1, -0.05) is 0 Å². The number of methoxy groups -OCH3 is 2. The van der Waals surface area contributed by atoms with Crippen molar-refractivity contribution < 1.29 is 19.4 Å². The molecule has 0 aromatic heterocycles. The van der Waals surface area contributed by atoms with Crippen molar-refractivity contribution in [2.24, 2.45) is 0 Å². The summed E-state index contributed by atoms with van der Waals surface area (Å²) in [5, 5.41) is 10.9. The second-order valence-corrected chi connectivity index (χ2v) is 3.77. The molecule has 1 N–H and O–H groups in total. The highest BCUT2D eigenvalue weighted by Gasteiger charge is 2.53. The van der Waals surface area contributed by atoms with Crippen LogP contribution in [0.1, 0.15) is 12.8 Å². The van der Waals surface area contributed by atoms with E-state index in [-0.39, 0.29) is 18.8 Å². The molecular formula is C9H17NO4. The average Bonchev–Trinajstić information content (AvgIpc) is 2.75. The monoisotopic (exact) mass is 203 g/mol. The Balaban J connectivity index is 2.10. The minimum absolute atomic E-state index is 0.0521. The highest BCUT2D eigenvalue weighted by atomic mass is 16.7. The molecule has 0 spiro atoms. The quantitative estimate of drug-likeness (QED) is 0.641. The van der Waals surface area contributed by atoms with E-state index >= 15 is 0 Å². The first-order valence-corrected chi connectivity index (χ1v) is 4.90. The van der Waals surface area contributed by atoms with Crippen LogP contribution < -0.4 is 0 Å². The first kappa shape index (κ1) is 10.3. The summed E-state index contributed by atoms with van der Waals surface area (Å²) < 4.78 is 10.9. The van der Waals surface area contributed by atoms with Crippen molar-refractivity contribution in [2.75, 3.05) is 27.4 Å². The Morgan fingerprint density at radius 1 is 1.50 bits per heavy atom. The lowest BCUT2D eigenvalue weighted by Crippen LogP contribution is -2.44. The summed E-state index contributed by atoms with van der Waals surface area (Å²) in [5.74, 6) is -0.552. The molecule has 0 amide bonds. The van der Waals surface area contributed by atoms with Crippen LogP contribution in [-0.4, -0.2) is 55.5 Å². The van der Waals surface area contributed by atoms with Gasteiger partial charge < -0.3 is 14.6 Å². The van der Waals surface area contributed by atoms with Gasteiger partial charge >= 0.3 is 0 Å². The van der Waals surface area contributed by atoms with Gasteiger partial charge in [0.05, 0.1) is 12.6 Å². The van der Waals surface area contributed by atoms with Gasteiger partial charge in [-0.3, -0.25) is 4.84 Å². The SMILES string of the molecule is COC1(OC)CCN2O[C@@H](CO)C[C@@H]21. The molecule has 0 aromatic rings. The molecule has 82 valence electrons. The Kier molecular flexibility index (Phi) is 2.77. The smallest absolute Gasteiger partial charge is 0.186 e. The highest BCUT2D eigenvalue weighted by molar-refractivity contribution is 4.96. The zero-order valence-electron chi connectivity index (χ0n) is 8.60. The first-order valence-electron chi connectivity index (χ1n) is 4.90. The van der Waals surface area contributed by atoms with E-state index in [4.69, 9.17) is 19.4 Å². The molecule has 0 bridgehead atoms. The molecule has 0 saturated carbocycles. The van der Waals surface area contributed by atoms with Crippen LogP contribution in [0.3, 0.4) is 0 Å². The zero-order chi connectivity index (χ0) is 10.2. The van der Waals surface area contributed by atoms with Gasteiger partial charge in [-0.15, -0.1) is 0 Å². The Labute approximate surface area is 83.5 Å². The lowest BCUT2D eigenvalue weighted by atomic mass is 10.0. The molecule has 0 unspecified atom stereocenters. The summed E-state index contributed by atoms with van der Waals surface area (Å²) in [6, 6.07) is 0.106. The van der Waals surface area contributed by atoms with Crippen molar-refractivity contribution in [1.82, 2.24) is 5.06 Å². The number of nitrogens with zero attached hydrogens (tertiary/aromatic N) is 1. The summed E-state index contributed by atoms with van der Waals surface area (Å²) >= 11 is 0. The van der Waals surface area contributed by atoms with Crippen LogP contribution in [0.2, 0.25) is 0 Å². The Bertz CT molecular complexity index is 207. The molecule has 14 heavy (non-hydrogen) atoms. The number of aliphatic hydroxyl groups excluding tert-OH is 1. The fraction of sp³-hybridized carbons (Fsp3) is 1.00. The number of ether oxygens (including phenoxy) is 2. The third-order valence-electron chi connectivity index (χ3n) is 3.20. The van der Waals surface area contributed by atoms with Gasteiger partial charge in [0, 0.05) is 33.6 Å². The van der Waals surface area contributed by atoms with Crippen molar-refractivity contribution in [1.29, 1.82) is 0 Å². The molecule has 2 fully saturated rings. The molecule has 2 saturated heterocycles. The maximum absolute atomic E-state index is 9.00. The summed E-state index contributed by atoms with van der Waals surface area (Å²) in [6.45, 7) is 0.847. The lowest BCUT2D eigenvalue weighted by molar-refractivity contribution is -0.234. The van der Waals surface area contributed by atoms with Gasteiger partial charge in [0.2, 0.25) is 0 Å². The zero-order valence-corrected chi connectivity index (χ0v) is 8.60. The molecule has 0 radical (unpaired) electrons. The van der Waals surface area contributed by atoms with Crippen LogP contribution in [0.4, 0.5) is 0 Å². The predicted molar refractivity (Wildman–Crippen MR) is 48.4 cm³/mol. The fourth-order valence-electron chi connectivity index (χ4n) is 2.38. The largest absolute Gasteiger partial charge is 0.394 e. The number of fused-ring (bicyclic) bond motifs is 1. The van der Waals surface area contributed by atoms with Crippen LogP contribution in [0, 0.1) is 0 Å². The van der Waals surface area contributed by atoms with Gasteiger partial charge in [-0.2, -0.15) is 5.06 Å². The number of hydrogen-bond acceptors (Lipinski definition) is 5. The van der Waals surface area contributed by atoms with E-state index in [1.54, 1.807) is 14.2 Å². The van der Waals surface area contributed by atoms with Crippen LogP contribution >= 0.6 is 0 Å². The van der Waals surface area contributed by atoms with E-state index in [1.165, 1.54) is 0 Å². The minimum Gasteiger partial charge on any atom is -0.394 e. The summed E-state index contributed by atoms with van der Waals surface area (Å²) in [7, 11) is 3.30. The number of aliphatic hydroxyl groups is 1. The summed E-state index contributed by atoms with van der Waals surface area (Å²) in [6.07, 6.45) is 1.46. The van der Waals surface area contributed by atoms with Crippen LogP contribution in [-0.2, 0) is 14.3 Å².